The van der Waals surface area contributed by atoms with Gasteiger partial charge in [0.05, 0.1) is 5.56 Å². The van der Waals surface area contributed by atoms with Crippen LogP contribution in [0.3, 0.4) is 0 Å². The summed E-state index contributed by atoms with van der Waals surface area (Å²) >= 11 is 0. The molecular weight excluding hydrogens is 297 g/mol. The highest BCUT2D eigenvalue weighted by atomic mass is 19.4. The third-order valence-electron chi connectivity index (χ3n) is 2.13. The van der Waals surface area contributed by atoms with Crippen LogP contribution in [-0.2, 0) is 6.18 Å². The van der Waals surface area contributed by atoms with Gasteiger partial charge in [-0.3, -0.25) is 0 Å². The molecule has 0 unspecified atom stereocenters. The molecule has 0 saturated heterocycles. The molecule has 0 radical (unpaired) electrons. The largest absolute Gasteiger partial charge is 0.434 e. The van der Waals surface area contributed by atoms with Gasteiger partial charge in [-0.05, 0) is 18.2 Å². The van der Waals surface area contributed by atoms with Crippen LogP contribution in [0, 0.1) is 22.7 Å². The summed E-state index contributed by atoms with van der Waals surface area (Å²) in [5.74, 6) is -1.02. The summed E-state index contributed by atoms with van der Waals surface area (Å²) in [6, 6.07) is 5.27. The highest BCUT2D eigenvalue weighted by Crippen LogP contribution is 2.38. The van der Waals surface area contributed by atoms with Gasteiger partial charge in [-0.2, -0.15) is 32.5 Å². The smallest absolute Gasteiger partial charge is 0.420 e. The first-order valence-corrected chi connectivity index (χ1v) is 5.21. The number of nitrogens with one attached hydrogen (secondary N) is 1. The Hall–Kier alpha value is -2.81. The van der Waals surface area contributed by atoms with E-state index in [4.69, 9.17) is 10.5 Å². The molecule has 1 rings (SSSR count). The van der Waals surface area contributed by atoms with Gasteiger partial charge in [0.15, 0.2) is 0 Å². The van der Waals surface area contributed by atoms with Crippen LogP contribution in [0.2, 0.25) is 0 Å². The third kappa shape index (κ3) is 4.66. The zero-order valence-corrected chi connectivity index (χ0v) is 10.1. The van der Waals surface area contributed by atoms with Crippen LogP contribution in [0.4, 0.5) is 27.6 Å². The molecule has 0 atom stereocenters. The molecule has 0 spiro atoms. The van der Waals surface area contributed by atoms with Crippen molar-refractivity contribution in [3.05, 3.63) is 35.5 Å². The standard InChI is InChI=1S/C12H6F5N3O/c13-11(14)21-10-2-1-8(3-9(10)12(15,16)17)20-6-7(4-18)5-19/h1-3,6,11,20H. The molecule has 0 saturated carbocycles. The van der Waals surface area contributed by atoms with E-state index in [9.17, 15) is 22.0 Å². The molecule has 4 nitrogen and oxygen atoms in total. The van der Waals surface area contributed by atoms with Gasteiger partial charge in [-0.15, -0.1) is 0 Å². The second-order valence-corrected chi connectivity index (χ2v) is 3.51. The maximum atomic E-state index is 12.7. The number of alkyl halides is 5. The number of hydrogen-bond acceptors (Lipinski definition) is 4. The van der Waals surface area contributed by atoms with Crippen molar-refractivity contribution in [1.29, 1.82) is 10.5 Å². The van der Waals surface area contributed by atoms with Gasteiger partial charge in [0.25, 0.3) is 0 Å². The molecule has 0 aliphatic rings. The molecule has 0 bridgehead atoms. The van der Waals surface area contributed by atoms with Crippen LogP contribution in [0.15, 0.2) is 30.0 Å². The number of ether oxygens (including phenoxy) is 1. The molecule has 1 aromatic carbocycles. The molecule has 21 heavy (non-hydrogen) atoms. The minimum absolute atomic E-state index is 0.146. The number of anilines is 1. The predicted molar refractivity (Wildman–Crippen MR) is 61.0 cm³/mol. The number of nitrogens with zero attached hydrogens (tertiary/aromatic N) is 2. The predicted octanol–water partition coefficient (Wildman–Crippen LogP) is 3.65. The molecule has 9 heteroatoms. The first-order valence-electron chi connectivity index (χ1n) is 5.21. The van der Waals surface area contributed by atoms with Crippen LogP contribution >= 0.6 is 0 Å². The van der Waals surface area contributed by atoms with Gasteiger partial charge < -0.3 is 10.1 Å². The number of halogens is 5. The van der Waals surface area contributed by atoms with Gasteiger partial charge in [0.1, 0.15) is 23.5 Å². The van der Waals surface area contributed by atoms with E-state index in [1.165, 1.54) is 12.1 Å². The molecule has 0 aliphatic heterocycles. The Labute approximate surface area is 115 Å². The molecule has 0 fully saturated rings. The lowest BCUT2D eigenvalue weighted by Crippen LogP contribution is -2.11. The number of benzene rings is 1. The average molecular weight is 303 g/mol. The maximum absolute atomic E-state index is 12.7. The first-order chi connectivity index (χ1) is 9.77. The monoisotopic (exact) mass is 303 g/mol. The number of rotatable bonds is 4. The fourth-order valence-corrected chi connectivity index (χ4v) is 1.29. The molecule has 0 aliphatic carbocycles. The summed E-state index contributed by atoms with van der Waals surface area (Å²) in [6.45, 7) is -3.39. The average Bonchev–Trinajstić information content (AvgIpc) is 2.39. The maximum Gasteiger partial charge on any atom is 0.420 e. The van der Waals surface area contributed by atoms with Crippen molar-refractivity contribution in [2.75, 3.05) is 5.32 Å². The third-order valence-corrected chi connectivity index (χ3v) is 2.13. The van der Waals surface area contributed by atoms with Crippen LogP contribution in [0.1, 0.15) is 5.56 Å². The second-order valence-electron chi connectivity index (χ2n) is 3.51. The fourth-order valence-electron chi connectivity index (χ4n) is 1.29. The molecule has 1 N–H and O–H groups in total. The van der Waals surface area contributed by atoms with Crippen molar-refractivity contribution < 1.29 is 26.7 Å². The van der Waals surface area contributed by atoms with E-state index < -0.39 is 24.1 Å². The second kappa shape index (κ2) is 6.57. The SMILES string of the molecule is N#CC(C#N)=CNc1ccc(OC(F)F)c(C(F)(F)F)c1. The van der Waals surface area contributed by atoms with Crippen molar-refractivity contribution in [2.45, 2.75) is 12.8 Å². The topological polar surface area (TPSA) is 68.8 Å². The quantitative estimate of drug-likeness (QED) is 0.681. The van der Waals surface area contributed by atoms with Crippen LogP contribution in [-0.4, -0.2) is 6.61 Å². The zero-order valence-electron chi connectivity index (χ0n) is 10.1. The molecule has 110 valence electrons. The van der Waals surface area contributed by atoms with Gasteiger partial charge >= 0.3 is 12.8 Å². The normalized spacial score (nSPS) is 10.5. The van der Waals surface area contributed by atoms with Crippen molar-refractivity contribution in [3.63, 3.8) is 0 Å². The van der Waals surface area contributed by atoms with Gasteiger partial charge in [0.2, 0.25) is 0 Å². The van der Waals surface area contributed by atoms with Crippen LogP contribution < -0.4 is 10.1 Å². The van der Waals surface area contributed by atoms with Crippen LogP contribution in [0.5, 0.6) is 5.75 Å². The number of nitriles is 2. The lowest BCUT2D eigenvalue weighted by atomic mass is 10.1. The van der Waals surface area contributed by atoms with E-state index in [1.54, 1.807) is 0 Å². The van der Waals surface area contributed by atoms with Crippen molar-refractivity contribution in [2.24, 2.45) is 0 Å². The Morgan fingerprint density at radius 2 is 1.86 bits per heavy atom. The Bertz CT molecular complexity index is 609. The van der Waals surface area contributed by atoms with Crippen molar-refractivity contribution >= 4 is 5.69 Å². The summed E-state index contributed by atoms with van der Waals surface area (Å²) < 4.78 is 66.1. The highest BCUT2D eigenvalue weighted by Gasteiger charge is 2.35. The molecule has 0 amide bonds. The zero-order chi connectivity index (χ0) is 16.0. The summed E-state index contributed by atoms with van der Waals surface area (Å²) in [5, 5.41) is 19.2. The molecular formula is C12H6F5N3O. The van der Waals surface area contributed by atoms with Crippen molar-refractivity contribution in [1.82, 2.24) is 0 Å². The summed E-state index contributed by atoms with van der Waals surface area (Å²) in [7, 11) is 0. The Morgan fingerprint density at radius 3 is 2.33 bits per heavy atom. The minimum Gasteiger partial charge on any atom is -0.434 e. The summed E-state index contributed by atoms with van der Waals surface area (Å²) in [4.78, 5) is 0. The lowest BCUT2D eigenvalue weighted by Gasteiger charge is -2.14. The summed E-state index contributed by atoms with van der Waals surface area (Å²) in [6.07, 6.45) is -4.01. The minimum atomic E-state index is -4.90. The van der Waals surface area contributed by atoms with E-state index in [0.717, 1.165) is 12.3 Å². The molecule has 0 heterocycles. The van der Waals surface area contributed by atoms with Gasteiger partial charge in [-0.1, -0.05) is 0 Å². The number of allylic oxidation sites excluding steroid dienone is 1. The Balaban J connectivity index is 3.15. The van der Waals surface area contributed by atoms with E-state index >= 15 is 0 Å². The van der Waals surface area contributed by atoms with Crippen LogP contribution in [0.25, 0.3) is 0 Å². The van der Waals surface area contributed by atoms with E-state index in [2.05, 4.69) is 10.1 Å². The Morgan fingerprint density at radius 1 is 1.24 bits per heavy atom. The lowest BCUT2D eigenvalue weighted by molar-refractivity contribution is -0.141. The van der Waals surface area contributed by atoms with E-state index in [1.807, 2.05) is 0 Å². The fraction of sp³-hybridized carbons (Fsp3) is 0.167. The Kier molecular flexibility index (Phi) is 5.08. The number of hydrogen-bond donors (Lipinski definition) is 1. The van der Waals surface area contributed by atoms with Crippen molar-refractivity contribution in [3.8, 4) is 17.9 Å². The van der Waals surface area contributed by atoms with E-state index in [-0.39, 0.29) is 11.3 Å². The first kappa shape index (κ1) is 16.2. The summed E-state index contributed by atoms with van der Waals surface area (Å²) in [5.41, 5.74) is -1.92. The molecule has 0 aromatic heterocycles. The van der Waals surface area contributed by atoms with E-state index in [0.29, 0.717) is 12.1 Å². The van der Waals surface area contributed by atoms with Gasteiger partial charge in [-0.25, -0.2) is 0 Å². The highest BCUT2D eigenvalue weighted by molar-refractivity contribution is 5.55. The van der Waals surface area contributed by atoms with Gasteiger partial charge in [0, 0.05) is 11.9 Å². The molecule has 1 aromatic rings.